The molecule has 0 saturated carbocycles. The molecule has 0 saturated heterocycles. The van der Waals surface area contributed by atoms with Gasteiger partial charge in [0.25, 0.3) is 0 Å². The quantitative estimate of drug-likeness (QED) is 0.519. The lowest BCUT2D eigenvalue weighted by molar-refractivity contribution is -0.133. The molecule has 1 aliphatic carbocycles. The second kappa shape index (κ2) is 10.9. The van der Waals surface area contributed by atoms with E-state index in [4.69, 9.17) is 4.74 Å². The first kappa shape index (κ1) is 23.5. The van der Waals surface area contributed by atoms with Crippen molar-refractivity contribution in [3.05, 3.63) is 53.9 Å². The van der Waals surface area contributed by atoms with Gasteiger partial charge in [0.2, 0.25) is 5.91 Å². The van der Waals surface area contributed by atoms with Crippen LogP contribution < -0.4 is 10.6 Å². The van der Waals surface area contributed by atoms with Crippen molar-refractivity contribution in [2.45, 2.75) is 70.9 Å². The number of benzene rings is 1. The van der Waals surface area contributed by atoms with Gasteiger partial charge in [0.05, 0.1) is 37.0 Å². The van der Waals surface area contributed by atoms with Crippen molar-refractivity contribution in [2.24, 2.45) is 0 Å². The number of para-hydroxylation sites is 1. The molecule has 1 heterocycles. The van der Waals surface area contributed by atoms with Crippen LogP contribution in [0, 0.1) is 0 Å². The highest BCUT2D eigenvalue weighted by Crippen LogP contribution is 2.32. The molecule has 3 N–H and O–H groups in total. The monoisotopic (exact) mass is 441 g/mol. The SMILES string of the molecule is CCC(CC)O[C@@H]1C=C(C(=O)O)C[C@H](n2cc(CNc3ccccc3)nn2)[C@H]1NC(C)=O. The number of ether oxygens (including phenoxy) is 1. The van der Waals surface area contributed by atoms with Crippen LogP contribution >= 0.6 is 0 Å². The van der Waals surface area contributed by atoms with Crippen LogP contribution in [0.1, 0.15) is 51.8 Å². The predicted molar refractivity (Wildman–Crippen MR) is 120 cm³/mol. The van der Waals surface area contributed by atoms with E-state index in [2.05, 4.69) is 20.9 Å². The fraction of sp³-hybridized carbons (Fsp3) is 0.478. The highest BCUT2D eigenvalue weighted by molar-refractivity contribution is 5.87. The molecule has 0 aliphatic heterocycles. The third kappa shape index (κ3) is 5.94. The molecule has 9 nitrogen and oxygen atoms in total. The Morgan fingerprint density at radius 1 is 1.25 bits per heavy atom. The van der Waals surface area contributed by atoms with E-state index in [1.807, 2.05) is 44.2 Å². The number of hydrogen-bond acceptors (Lipinski definition) is 6. The van der Waals surface area contributed by atoms with Crippen LogP contribution in [0.3, 0.4) is 0 Å². The summed E-state index contributed by atoms with van der Waals surface area (Å²) in [6, 6.07) is 8.85. The van der Waals surface area contributed by atoms with E-state index < -0.39 is 24.2 Å². The maximum absolute atomic E-state index is 12.0. The fourth-order valence-electron chi connectivity index (χ4n) is 3.90. The van der Waals surface area contributed by atoms with Crippen LogP contribution in [-0.2, 0) is 20.9 Å². The highest BCUT2D eigenvalue weighted by atomic mass is 16.5. The zero-order chi connectivity index (χ0) is 23.1. The largest absolute Gasteiger partial charge is 0.478 e. The Balaban J connectivity index is 1.85. The first-order valence-electron chi connectivity index (χ1n) is 11.0. The number of aromatic nitrogens is 3. The summed E-state index contributed by atoms with van der Waals surface area (Å²) in [4.78, 5) is 23.8. The second-order valence-corrected chi connectivity index (χ2v) is 7.94. The number of nitrogens with one attached hydrogen (secondary N) is 2. The summed E-state index contributed by atoms with van der Waals surface area (Å²) in [6.45, 7) is 5.95. The van der Waals surface area contributed by atoms with Crippen LogP contribution in [0.4, 0.5) is 5.69 Å². The van der Waals surface area contributed by atoms with Gasteiger partial charge in [-0.2, -0.15) is 0 Å². The molecule has 1 aliphatic rings. The van der Waals surface area contributed by atoms with E-state index >= 15 is 0 Å². The number of aliphatic carboxylic acids is 1. The summed E-state index contributed by atoms with van der Waals surface area (Å²) in [7, 11) is 0. The number of rotatable bonds is 10. The Morgan fingerprint density at radius 2 is 1.97 bits per heavy atom. The first-order valence-corrected chi connectivity index (χ1v) is 11.0. The van der Waals surface area contributed by atoms with E-state index in [1.165, 1.54) is 6.92 Å². The minimum Gasteiger partial charge on any atom is -0.478 e. The molecule has 3 rings (SSSR count). The van der Waals surface area contributed by atoms with Crippen molar-refractivity contribution in [2.75, 3.05) is 5.32 Å². The molecule has 0 fully saturated rings. The summed E-state index contributed by atoms with van der Waals surface area (Å²) in [6.07, 6.45) is 4.57. The molecule has 0 radical (unpaired) electrons. The van der Waals surface area contributed by atoms with Crippen LogP contribution in [0.25, 0.3) is 0 Å². The van der Waals surface area contributed by atoms with Crippen molar-refractivity contribution in [3.8, 4) is 0 Å². The Labute approximate surface area is 187 Å². The molecule has 172 valence electrons. The zero-order valence-electron chi connectivity index (χ0n) is 18.7. The molecule has 2 aromatic rings. The minimum absolute atomic E-state index is 0.0392. The average Bonchev–Trinajstić information content (AvgIpc) is 3.26. The second-order valence-electron chi connectivity index (χ2n) is 7.94. The van der Waals surface area contributed by atoms with Gasteiger partial charge in [-0.05, 0) is 31.1 Å². The van der Waals surface area contributed by atoms with Gasteiger partial charge in [0.15, 0.2) is 0 Å². The number of carboxylic acids is 1. The third-order valence-electron chi connectivity index (χ3n) is 5.61. The number of carboxylic acid groups (broad SMARTS) is 1. The fourth-order valence-corrected chi connectivity index (χ4v) is 3.90. The molecule has 0 spiro atoms. The van der Waals surface area contributed by atoms with Crippen molar-refractivity contribution in [1.29, 1.82) is 0 Å². The molecular weight excluding hydrogens is 410 g/mol. The van der Waals surface area contributed by atoms with E-state index in [1.54, 1.807) is 17.0 Å². The molecule has 1 aromatic heterocycles. The molecule has 0 unspecified atom stereocenters. The van der Waals surface area contributed by atoms with Crippen LogP contribution in [0.5, 0.6) is 0 Å². The first-order chi connectivity index (χ1) is 15.4. The number of hydrogen-bond donors (Lipinski definition) is 3. The number of anilines is 1. The summed E-state index contributed by atoms with van der Waals surface area (Å²) in [5.74, 6) is -1.21. The maximum Gasteiger partial charge on any atom is 0.331 e. The number of carbonyl (C=O) groups excluding carboxylic acids is 1. The minimum atomic E-state index is -1.000. The van der Waals surface area contributed by atoms with E-state index in [0.717, 1.165) is 18.5 Å². The summed E-state index contributed by atoms with van der Waals surface area (Å²) in [5.41, 5.74) is 1.91. The van der Waals surface area contributed by atoms with Crippen molar-refractivity contribution in [1.82, 2.24) is 20.3 Å². The number of amides is 1. The Bertz CT molecular complexity index is 939. The van der Waals surface area contributed by atoms with E-state index in [9.17, 15) is 14.7 Å². The normalized spacial score (nSPS) is 20.6. The zero-order valence-corrected chi connectivity index (χ0v) is 18.7. The highest BCUT2D eigenvalue weighted by Gasteiger charge is 2.39. The summed E-state index contributed by atoms with van der Waals surface area (Å²) >= 11 is 0. The van der Waals surface area contributed by atoms with Gasteiger partial charge in [-0.25, -0.2) is 9.48 Å². The summed E-state index contributed by atoms with van der Waals surface area (Å²) < 4.78 is 7.86. The summed E-state index contributed by atoms with van der Waals surface area (Å²) in [5, 5.41) is 24.4. The predicted octanol–water partition coefficient (Wildman–Crippen LogP) is 2.92. The molecule has 32 heavy (non-hydrogen) atoms. The lowest BCUT2D eigenvalue weighted by Gasteiger charge is -2.37. The lowest BCUT2D eigenvalue weighted by atomic mass is 9.87. The van der Waals surface area contributed by atoms with Gasteiger partial charge in [0.1, 0.15) is 5.69 Å². The Morgan fingerprint density at radius 3 is 2.59 bits per heavy atom. The van der Waals surface area contributed by atoms with E-state index in [0.29, 0.717) is 12.2 Å². The molecule has 9 heteroatoms. The Hall–Kier alpha value is -3.20. The molecular formula is C23H31N5O4. The maximum atomic E-state index is 12.0. The Kier molecular flexibility index (Phi) is 7.99. The van der Waals surface area contributed by atoms with Crippen molar-refractivity contribution < 1.29 is 19.4 Å². The van der Waals surface area contributed by atoms with Crippen LogP contribution in [0.15, 0.2) is 48.2 Å². The molecule has 1 aromatic carbocycles. The van der Waals surface area contributed by atoms with Gasteiger partial charge in [-0.3, -0.25) is 4.79 Å². The average molecular weight is 442 g/mol. The smallest absolute Gasteiger partial charge is 0.331 e. The van der Waals surface area contributed by atoms with Crippen LogP contribution in [-0.4, -0.2) is 50.2 Å². The van der Waals surface area contributed by atoms with Gasteiger partial charge in [-0.1, -0.05) is 37.3 Å². The standard InChI is InChI=1S/C23H31N5O4/c1-4-19(5-2)32-21-12-16(23(30)31)11-20(22(21)25-15(3)29)28-14-18(26-27-28)13-24-17-9-7-6-8-10-17/h6-10,12,14,19-22,24H,4-5,11,13H2,1-3H3,(H,25,29)(H,30,31)/t20-,21+,22+/m0/s1. The van der Waals surface area contributed by atoms with Gasteiger partial charge < -0.3 is 20.5 Å². The van der Waals surface area contributed by atoms with E-state index in [-0.39, 0.29) is 24.0 Å². The van der Waals surface area contributed by atoms with Crippen molar-refractivity contribution in [3.63, 3.8) is 0 Å². The van der Waals surface area contributed by atoms with Gasteiger partial charge in [0, 0.05) is 24.6 Å². The molecule has 1 amide bonds. The van der Waals surface area contributed by atoms with Gasteiger partial charge >= 0.3 is 5.97 Å². The number of carbonyl (C=O) groups is 2. The number of nitrogens with zero attached hydrogens (tertiary/aromatic N) is 3. The third-order valence-corrected chi connectivity index (χ3v) is 5.61. The molecule has 3 atom stereocenters. The lowest BCUT2D eigenvalue weighted by Crippen LogP contribution is -2.52. The topological polar surface area (TPSA) is 118 Å². The van der Waals surface area contributed by atoms with Crippen LogP contribution in [0.2, 0.25) is 0 Å². The van der Waals surface area contributed by atoms with Crippen molar-refractivity contribution >= 4 is 17.6 Å². The van der Waals surface area contributed by atoms with Gasteiger partial charge in [-0.15, -0.1) is 5.10 Å². The molecule has 0 bridgehead atoms.